The summed E-state index contributed by atoms with van der Waals surface area (Å²) < 4.78 is 45.6. The summed E-state index contributed by atoms with van der Waals surface area (Å²) in [6, 6.07) is 6.89. The molecule has 8 nitrogen and oxygen atoms in total. The van der Waals surface area contributed by atoms with Gasteiger partial charge >= 0.3 is 11.9 Å². The number of benzene rings is 1. The van der Waals surface area contributed by atoms with Crippen LogP contribution in [0.4, 0.5) is 13.2 Å². The molecule has 150 valence electrons. The molecular weight excluding hydrogens is 385 g/mol. The minimum absolute atomic E-state index is 0.111. The van der Waals surface area contributed by atoms with Crippen LogP contribution >= 0.6 is 0 Å². The zero-order valence-corrected chi connectivity index (χ0v) is 14.2. The zero-order chi connectivity index (χ0) is 20.6. The van der Waals surface area contributed by atoms with E-state index in [0.29, 0.717) is 4.57 Å². The zero-order valence-electron chi connectivity index (χ0n) is 14.2. The van der Waals surface area contributed by atoms with Crippen molar-refractivity contribution in [2.24, 2.45) is 0 Å². The van der Waals surface area contributed by atoms with Gasteiger partial charge in [0.2, 0.25) is 0 Å². The molecule has 0 amide bonds. The first-order valence-corrected chi connectivity index (χ1v) is 8.14. The molecule has 3 rings (SSSR count). The number of hydrogen-bond donors (Lipinski definition) is 2. The summed E-state index contributed by atoms with van der Waals surface area (Å²) in [7, 11) is 0. The molecule has 1 aromatic carbocycles. The number of carbonyl (C=O) groups excluding carboxylic acids is 1. The fourth-order valence-corrected chi connectivity index (χ4v) is 2.91. The van der Waals surface area contributed by atoms with Crippen molar-refractivity contribution in [2.45, 2.75) is 31.0 Å². The second kappa shape index (κ2) is 7.34. The van der Waals surface area contributed by atoms with Crippen molar-refractivity contribution in [3.8, 4) is 0 Å². The van der Waals surface area contributed by atoms with E-state index in [1.54, 1.807) is 6.07 Å². The van der Waals surface area contributed by atoms with Crippen molar-refractivity contribution in [3.63, 3.8) is 0 Å². The Balaban J connectivity index is 2.21. The Kier molecular flexibility index (Phi) is 5.24. The van der Waals surface area contributed by atoms with E-state index in [0.717, 1.165) is 0 Å². The summed E-state index contributed by atoms with van der Waals surface area (Å²) in [6.07, 6.45) is -8.93. The average molecular weight is 400 g/mol. The molecule has 0 spiro atoms. The summed E-state index contributed by atoms with van der Waals surface area (Å²) >= 11 is 0. The molecule has 11 heteroatoms. The fourth-order valence-electron chi connectivity index (χ4n) is 2.91. The summed E-state index contributed by atoms with van der Waals surface area (Å²) in [5, 5.41) is 18.9. The molecule has 1 fully saturated rings. The van der Waals surface area contributed by atoms with Crippen molar-refractivity contribution in [3.05, 3.63) is 68.5 Å². The first kappa shape index (κ1) is 20.0. The Labute approximate surface area is 155 Å². The van der Waals surface area contributed by atoms with Crippen molar-refractivity contribution in [1.82, 2.24) is 9.13 Å². The topological polar surface area (TPSA) is 111 Å². The number of aliphatic hydroxyl groups excluding tert-OH is 2. The maximum atomic E-state index is 13.3. The molecule has 3 atom stereocenters. The van der Waals surface area contributed by atoms with Gasteiger partial charge in [0, 0.05) is 18.2 Å². The van der Waals surface area contributed by atoms with E-state index in [1.807, 2.05) is 0 Å². The number of hydrogen-bond acceptors (Lipinski definition) is 6. The number of aliphatic hydroxyl groups is 2. The highest BCUT2D eigenvalue weighted by Gasteiger charge is 2.40. The highest BCUT2D eigenvalue weighted by atomic mass is 19.4. The number of rotatable bonds is 3. The van der Waals surface area contributed by atoms with Gasteiger partial charge in [0.1, 0.15) is 17.9 Å². The number of nitrogens with zero attached hydrogens (tertiary/aromatic N) is 2. The second-order valence-corrected chi connectivity index (χ2v) is 6.16. The van der Waals surface area contributed by atoms with Crippen LogP contribution in [0, 0.1) is 0 Å². The van der Waals surface area contributed by atoms with E-state index in [1.165, 1.54) is 24.3 Å². The quantitative estimate of drug-likeness (QED) is 0.770. The first-order chi connectivity index (χ1) is 13.1. The SMILES string of the molecule is O=C(c1ccccc1)n1c(=O)c(C(F)(F)F)cn([C@@H]2CC(O)[C@H](CO)O2)c1=O. The lowest BCUT2D eigenvalue weighted by Crippen LogP contribution is -2.47. The van der Waals surface area contributed by atoms with Crippen molar-refractivity contribution in [2.75, 3.05) is 6.61 Å². The Bertz CT molecular complexity index is 999. The molecular formula is C17H15F3N2O6. The highest BCUT2D eigenvalue weighted by molar-refractivity contribution is 5.95. The highest BCUT2D eigenvalue weighted by Crippen LogP contribution is 2.30. The lowest BCUT2D eigenvalue weighted by atomic mass is 10.2. The normalized spacial score (nSPS) is 22.4. The fraction of sp³-hybridized carbons (Fsp3) is 0.353. The molecule has 0 bridgehead atoms. The lowest BCUT2D eigenvalue weighted by Gasteiger charge is -2.18. The summed E-state index contributed by atoms with van der Waals surface area (Å²) in [4.78, 5) is 37.5. The predicted octanol–water partition coefficient (Wildman–Crippen LogP) is 0.358. The number of alkyl halides is 3. The molecule has 1 saturated heterocycles. The molecule has 1 aliphatic heterocycles. The monoisotopic (exact) mass is 400 g/mol. The van der Waals surface area contributed by atoms with Crippen LogP contribution in [0.5, 0.6) is 0 Å². The lowest BCUT2D eigenvalue weighted by molar-refractivity contribution is -0.139. The van der Waals surface area contributed by atoms with Gasteiger partial charge in [-0.2, -0.15) is 17.7 Å². The standard InChI is InChI=1S/C17H15F3N2O6/c18-17(19,20)10-7-21(13-6-11(24)12(8-23)28-13)16(27)22(15(10)26)14(25)9-4-2-1-3-5-9/h1-5,7,11-13,23-24H,6,8H2/t11?,12-,13-/m0/s1. The minimum Gasteiger partial charge on any atom is -0.394 e. The Morgan fingerprint density at radius 3 is 2.39 bits per heavy atom. The second-order valence-electron chi connectivity index (χ2n) is 6.16. The molecule has 2 aromatic rings. The Morgan fingerprint density at radius 2 is 1.86 bits per heavy atom. The summed E-state index contributed by atoms with van der Waals surface area (Å²) in [6.45, 7) is -0.624. The number of aromatic nitrogens is 2. The van der Waals surface area contributed by atoms with Gasteiger partial charge in [0.25, 0.3) is 11.5 Å². The largest absolute Gasteiger partial charge is 0.423 e. The van der Waals surface area contributed by atoms with Crippen LogP contribution in [-0.4, -0.2) is 44.1 Å². The smallest absolute Gasteiger partial charge is 0.394 e. The molecule has 1 unspecified atom stereocenters. The van der Waals surface area contributed by atoms with Crippen LogP contribution in [0.3, 0.4) is 0 Å². The molecule has 2 N–H and O–H groups in total. The Morgan fingerprint density at radius 1 is 1.21 bits per heavy atom. The molecule has 1 aliphatic rings. The van der Waals surface area contributed by atoms with E-state index < -0.39 is 53.9 Å². The number of ether oxygens (including phenoxy) is 1. The van der Waals surface area contributed by atoms with Crippen LogP contribution in [0.1, 0.15) is 28.6 Å². The maximum Gasteiger partial charge on any atom is 0.423 e. The van der Waals surface area contributed by atoms with Gasteiger partial charge in [-0.05, 0) is 12.1 Å². The first-order valence-electron chi connectivity index (χ1n) is 8.14. The third-order valence-corrected chi connectivity index (χ3v) is 4.34. The van der Waals surface area contributed by atoms with E-state index in [-0.39, 0.29) is 22.7 Å². The van der Waals surface area contributed by atoms with Gasteiger partial charge in [0.05, 0.1) is 12.7 Å². The van der Waals surface area contributed by atoms with Crippen molar-refractivity contribution in [1.29, 1.82) is 0 Å². The molecule has 0 radical (unpaired) electrons. The van der Waals surface area contributed by atoms with E-state index in [2.05, 4.69) is 0 Å². The van der Waals surface area contributed by atoms with E-state index in [4.69, 9.17) is 9.84 Å². The third kappa shape index (κ3) is 3.51. The van der Waals surface area contributed by atoms with Gasteiger partial charge in [0.15, 0.2) is 0 Å². The van der Waals surface area contributed by atoms with Crippen LogP contribution < -0.4 is 11.2 Å². The molecule has 0 saturated carbocycles. The van der Waals surface area contributed by atoms with Gasteiger partial charge in [-0.15, -0.1) is 0 Å². The van der Waals surface area contributed by atoms with Gasteiger partial charge in [-0.25, -0.2) is 4.79 Å². The van der Waals surface area contributed by atoms with E-state index in [9.17, 15) is 32.7 Å². The van der Waals surface area contributed by atoms with Crippen LogP contribution in [0.25, 0.3) is 0 Å². The van der Waals surface area contributed by atoms with E-state index >= 15 is 0 Å². The van der Waals surface area contributed by atoms with Crippen LogP contribution in [0.2, 0.25) is 0 Å². The summed E-state index contributed by atoms with van der Waals surface area (Å²) in [5.74, 6) is -1.23. The third-order valence-electron chi connectivity index (χ3n) is 4.34. The summed E-state index contributed by atoms with van der Waals surface area (Å²) in [5.41, 5.74) is -5.04. The minimum atomic E-state index is -5.14. The van der Waals surface area contributed by atoms with Gasteiger partial charge in [-0.3, -0.25) is 14.2 Å². The molecule has 28 heavy (non-hydrogen) atoms. The van der Waals surface area contributed by atoms with Gasteiger partial charge < -0.3 is 14.9 Å². The number of carbonyl (C=O) groups is 1. The van der Waals surface area contributed by atoms with Crippen molar-refractivity contribution < 1.29 is 32.9 Å². The Hall–Kier alpha value is -2.76. The molecule has 2 heterocycles. The predicted molar refractivity (Wildman–Crippen MR) is 87.8 cm³/mol. The van der Waals surface area contributed by atoms with Crippen LogP contribution in [0.15, 0.2) is 46.1 Å². The molecule has 1 aromatic heterocycles. The average Bonchev–Trinajstić information content (AvgIpc) is 3.02. The van der Waals surface area contributed by atoms with Gasteiger partial charge in [-0.1, -0.05) is 18.2 Å². The molecule has 0 aliphatic carbocycles. The number of halogens is 3. The van der Waals surface area contributed by atoms with Crippen molar-refractivity contribution >= 4 is 5.91 Å². The maximum absolute atomic E-state index is 13.3. The van der Waals surface area contributed by atoms with Crippen LogP contribution in [-0.2, 0) is 10.9 Å².